The minimum Gasteiger partial charge on any atom is -0.506 e. The Labute approximate surface area is 160 Å². The summed E-state index contributed by atoms with van der Waals surface area (Å²) in [5.41, 5.74) is -0.0450. The Hall–Kier alpha value is -2.00. The molecule has 10 heteroatoms. The van der Waals surface area contributed by atoms with Crippen LogP contribution in [0.25, 0.3) is 0 Å². The largest absolute Gasteiger partial charge is 0.506 e. The topological polar surface area (TPSA) is 113 Å². The van der Waals surface area contributed by atoms with E-state index in [1.807, 2.05) is 0 Å². The van der Waals surface area contributed by atoms with Crippen molar-refractivity contribution in [1.82, 2.24) is 4.72 Å². The highest BCUT2D eigenvalue weighted by Crippen LogP contribution is 2.36. The fraction of sp³-hybridized carbons (Fsp3) is 0.188. The minimum atomic E-state index is -4.12. The molecule has 2 rings (SSSR count). The predicted octanol–water partition coefficient (Wildman–Crippen LogP) is 3.20. The van der Waals surface area contributed by atoms with Gasteiger partial charge in [0.15, 0.2) is 0 Å². The number of carboxylic acids is 1. The monoisotopic (exact) mass is 419 g/mol. The predicted molar refractivity (Wildman–Crippen MR) is 96.4 cm³/mol. The Kier molecular flexibility index (Phi) is 6.35. The third-order valence-electron chi connectivity index (χ3n) is 3.46. The van der Waals surface area contributed by atoms with Crippen LogP contribution < -0.4 is 9.46 Å². The molecule has 26 heavy (non-hydrogen) atoms. The number of halogens is 2. The zero-order valence-corrected chi connectivity index (χ0v) is 15.8. The molecule has 0 unspecified atom stereocenters. The third kappa shape index (κ3) is 4.79. The van der Waals surface area contributed by atoms with Crippen molar-refractivity contribution in [1.29, 1.82) is 0 Å². The number of hydrogen-bond acceptors (Lipinski definition) is 5. The average molecular weight is 420 g/mol. The molecule has 0 aliphatic rings. The van der Waals surface area contributed by atoms with E-state index < -0.39 is 34.2 Å². The second-order valence-corrected chi connectivity index (χ2v) is 7.83. The zero-order valence-electron chi connectivity index (χ0n) is 13.4. The van der Waals surface area contributed by atoms with Gasteiger partial charge in [-0.25, -0.2) is 13.1 Å². The number of nitrogens with one attached hydrogen (secondary N) is 1. The van der Waals surface area contributed by atoms with Crippen LogP contribution in [0.1, 0.15) is 18.0 Å². The molecule has 0 saturated heterocycles. The summed E-state index contributed by atoms with van der Waals surface area (Å²) in [6.45, 7) is 0. The van der Waals surface area contributed by atoms with Crippen LogP contribution in [0.4, 0.5) is 0 Å². The molecule has 0 aromatic heterocycles. The number of sulfonamides is 1. The van der Waals surface area contributed by atoms with E-state index >= 15 is 0 Å². The first-order valence-electron chi connectivity index (χ1n) is 7.20. The fourth-order valence-corrected chi connectivity index (χ4v) is 4.02. The van der Waals surface area contributed by atoms with Gasteiger partial charge >= 0.3 is 5.97 Å². The lowest BCUT2D eigenvalue weighted by atomic mass is 10.0. The maximum atomic E-state index is 12.6. The van der Waals surface area contributed by atoms with E-state index in [1.54, 1.807) is 6.07 Å². The van der Waals surface area contributed by atoms with Gasteiger partial charge in [0.1, 0.15) is 11.5 Å². The quantitative estimate of drug-likeness (QED) is 0.634. The van der Waals surface area contributed by atoms with Crippen molar-refractivity contribution in [3.63, 3.8) is 0 Å². The molecule has 0 heterocycles. The number of aromatic hydroxyl groups is 1. The Morgan fingerprint density at radius 3 is 2.58 bits per heavy atom. The lowest BCUT2D eigenvalue weighted by molar-refractivity contribution is -0.137. The number of methoxy groups -OCH3 is 1. The SMILES string of the molecule is COc1cccc(S(=O)(=O)N[C@@H](CC(=O)O)c2cc(Cl)cc(Cl)c2O)c1. The van der Waals surface area contributed by atoms with Crippen molar-refractivity contribution in [3.8, 4) is 11.5 Å². The fourth-order valence-electron chi connectivity index (χ4n) is 2.26. The molecule has 7 nitrogen and oxygen atoms in total. The second kappa shape index (κ2) is 8.13. The number of hydrogen-bond donors (Lipinski definition) is 3. The highest BCUT2D eigenvalue weighted by molar-refractivity contribution is 7.89. The van der Waals surface area contributed by atoms with Crippen LogP contribution >= 0.6 is 23.2 Å². The summed E-state index contributed by atoms with van der Waals surface area (Å²) in [6.07, 6.45) is -0.632. The first-order valence-corrected chi connectivity index (χ1v) is 9.44. The molecule has 0 aliphatic heterocycles. The molecule has 2 aromatic carbocycles. The Morgan fingerprint density at radius 2 is 1.96 bits per heavy atom. The molecule has 0 aliphatic carbocycles. The van der Waals surface area contributed by atoms with Gasteiger partial charge in [0.25, 0.3) is 0 Å². The van der Waals surface area contributed by atoms with E-state index in [-0.39, 0.29) is 20.5 Å². The van der Waals surface area contributed by atoms with E-state index in [0.717, 1.165) is 0 Å². The lowest BCUT2D eigenvalue weighted by Gasteiger charge is -2.19. The van der Waals surface area contributed by atoms with E-state index in [9.17, 15) is 18.3 Å². The smallest absolute Gasteiger partial charge is 0.305 e. The van der Waals surface area contributed by atoms with Gasteiger partial charge in [-0.3, -0.25) is 4.79 Å². The molecule has 0 bridgehead atoms. The number of benzene rings is 2. The van der Waals surface area contributed by atoms with Gasteiger partial charge < -0.3 is 14.9 Å². The molecule has 1 atom stereocenters. The first kappa shape index (κ1) is 20.3. The number of ether oxygens (including phenoxy) is 1. The van der Waals surface area contributed by atoms with Crippen molar-refractivity contribution in [3.05, 3.63) is 52.0 Å². The van der Waals surface area contributed by atoms with Crippen molar-refractivity contribution in [2.24, 2.45) is 0 Å². The summed E-state index contributed by atoms with van der Waals surface area (Å²) in [6, 6.07) is 6.88. The van der Waals surface area contributed by atoms with Crippen molar-refractivity contribution in [2.75, 3.05) is 7.11 Å². The van der Waals surface area contributed by atoms with Crippen molar-refractivity contribution >= 4 is 39.2 Å². The Morgan fingerprint density at radius 1 is 1.27 bits per heavy atom. The molecular formula is C16H15Cl2NO6S. The van der Waals surface area contributed by atoms with Crippen LogP contribution in [0.3, 0.4) is 0 Å². The minimum absolute atomic E-state index is 0.0450. The summed E-state index contributed by atoms with van der Waals surface area (Å²) in [5, 5.41) is 19.2. The van der Waals surface area contributed by atoms with Gasteiger partial charge in [0.2, 0.25) is 10.0 Å². The number of phenols is 1. The van der Waals surface area contributed by atoms with Crippen LogP contribution in [0.5, 0.6) is 11.5 Å². The van der Waals surface area contributed by atoms with Gasteiger partial charge in [-0.05, 0) is 24.3 Å². The Bertz CT molecular complexity index is 932. The zero-order chi connectivity index (χ0) is 19.5. The molecule has 0 fully saturated rings. The van der Waals surface area contributed by atoms with Gasteiger partial charge in [0, 0.05) is 16.7 Å². The van der Waals surface area contributed by atoms with Gasteiger partial charge in [-0.15, -0.1) is 0 Å². The molecule has 0 spiro atoms. The molecular weight excluding hydrogens is 405 g/mol. The van der Waals surface area contributed by atoms with Crippen LogP contribution in [-0.4, -0.2) is 31.7 Å². The van der Waals surface area contributed by atoms with Gasteiger partial charge in [0.05, 0.1) is 29.5 Å². The summed E-state index contributed by atoms with van der Waals surface area (Å²) in [5.74, 6) is -1.41. The molecule has 0 amide bonds. The van der Waals surface area contributed by atoms with Crippen LogP contribution in [0.15, 0.2) is 41.3 Å². The van der Waals surface area contributed by atoms with Crippen LogP contribution in [-0.2, 0) is 14.8 Å². The highest BCUT2D eigenvalue weighted by Gasteiger charge is 2.27. The average Bonchev–Trinajstić information content (AvgIpc) is 2.57. The molecule has 140 valence electrons. The van der Waals surface area contributed by atoms with E-state index in [0.29, 0.717) is 5.75 Å². The third-order valence-corrected chi connectivity index (χ3v) is 5.44. The number of carbonyl (C=O) groups is 1. The van der Waals surface area contributed by atoms with E-state index in [2.05, 4.69) is 4.72 Å². The van der Waals surface area contributed by atoms with Gasteiger partial charge in [-0.2, -0.15) is 0 Å². The second-order valence-electron chi connectivity index (χ2n) is 5.28. The normalized spacial score (nSPS) is 12.6. The Balaban J connectivity index is 2.47. The molecule has 2 aromatic rings. The first-order chi connectivity index (χ1) is 12.1. The molecule has 0 radical (unpaired) electrons. The maximum absolute atomic E-state index is 12.6. The van der Waals surface area contributed by atoms with Crippen molar-refractivity contribution in [2.45, 2.75) is 17.4 Å². The summed E-state index contributed by atoms with van der Waals surface area (Å²) in [7, 11) is -2.73. The standard InChI is InChI=1S/C16H15Cl2NO6S/c1-25-10-3-2-4-11(7-10)26(23,24)19-14(8-15(20)21)12-5-9(17)6-13(18)16(12)22/h2-7,14,19,22H,8H2,1H3,(H,20,21)/t14-/m0/s1. The maximum Gasteiger partial charge on any atom is 0.305 e. The van der Waals surface area contributed by atoms with Gasteiger partial charge in [-0.1, -0.05) is 29.3 Å². The summed E-state index contributed by atoms with van der Waals surface area (Å²) in [4.78, 5) is 11.1. The van der Waals surface area contributed by atoms with E-state index in [4.69, 9.17) is 33.0 Å². The summed E-state index contributed by atoms with van der Waals surface area (Å²) >= 11 is 11.7. The summed E-state index contributed by atoms with van der Waals surface area (Å²) < 4.78 is 32.5. The number of phenolic OH excluding ortho intramolecular Hbond substituents is 1. The molecule has 0 saturated carbocycles. The molecule has 3 N–H and O–H groups in total. The van der Waals surface area contributed by atoms with Crippen molar-refractivity contribution < 1.29 is 28.2 Å². The number of aliphatic carboxylic acids is 1. The number of rotatable bonds is 7. The lowest BCUT2D eigenvalue weighted by Crippen LogP contribution is -2.30. The number of carboxylic acid groups (broad SMARTS) is 1. The highest BCUT2D eigenvalue weighted by atomic mass is 35.5. The van der Waals surface area contributed by atoms with Crippen LogP contribution in [0.2, 0.25) is 10.0 Å². The van der Waals surface area contributed by atoms with Crippen LogP contribution in [0, 0.1) is 0 Å². The van der Waals surface area contributed by atoms with E-state index in [1.165, 1.54) is 37.4 Å².